The first-order valence-electron chi connectivity index (χ1n) is 10.1. The highest BCUT2D eigenvalue weighted by atomic mass is 16.4. The molecule has 1 aliphatic carbocycles. The van der Waals surface area contributed by atoms with Gasteiger partial charge in [0.25, 0.3) is 0 Å². The number of hydrogen-bond acceptors (Lipinski definition) is 6. The van der Waals surface area contributed by atoms with Gasteiger partial charge in [-0.1, -0.05) is 18.2 Å². The van der Waals surface area contributed by atoms with Crippen molar-refractivity contribution in [3.8, 4) is 0 Å². The van der Waals surface area contributed by atoms with E-state index in [9.17, 15) is 9.59 Å². The van der Waals surface area contributed by atoms with Crippen molar-refractivity contribution in [3.63, 3.8) is 0 Å². The number of para-hydroxylation sites is 1. The van der Waals surface area contributed by atoms with E-state index < -0.39 is 5.63 Å². The molecule has 7 nitrogen and oxygen atoms in total. The highest BCUT2D eigenvalue weighted by molar-refractivity contribution is 5.94. The maximum Gasteiger partial charge on any atom is 0.360 e. The third-order valence-electron chi connectivity index (χ3n) is 5.68. The van der Waals surface area contributed by atoms with Crippen molar-refractivity contribution >= 4 is 28.4 Å². The van der Waals surface area contributed by atoms with Gasteiger partial charge >= 0.3 is 5.63 Å². The molecule has 0 radical (unpaired) electrons. The lowest BCUT2D eigenvalue weighted by molar-refractivity contribution is -0.120. The summed E-state index contributed by atoms with van der Waals surface area (Å²) < 4.78 is 5.32. The zero-order valence-electron chi connectivity index (χ0n) is 16.0. The van der Waals surface area contributed by atoms with Crippen LogP contribution in [0.1, 0.15) is 37.3 Å². The molecule has 3 heterocycles. The molecule has 1 N–H and O–H groups in total. The van der Waals surface area contributed by atoms with Gasteiger partial charge < -0.3 is 14.6 Å². The summed E-state index contributed by atoms with van der Waals surface area (Å²) in [5, 5.41) is 3.56. The van der Waals surface area contributed by atoms with Crippen LogP contribution in [-0.2, 0) is 4.79 Å². The summed E-state index contributed by atoms with van der Waals surface area (Å²) in [5.74, 6) is 1.07. The maximum absolute atomic E-state index is 12.9. The zero-order valence-corrected chi connectivity index (χ0v) is 16.0. The predicted octanol–water partition coefficient (Wildman–Crippen LogP) is 3.32. The van der Waals surface area contributed by atoms with E-state index in [4.69, 9.17) is 4.42 Å². The molecule has 1 aliphatic heterocycles. The Kier molecular flexibility index (Phi) is 4.50. The third-order valence-corrected chi connectivity index (χ3v) is 5.68. The molecule has 1 saturated carbocycles. The van der Waals surface area contributed by atoms with Crippen LogP contribution in [0.2, 0.25) is 0 Å². The Morgan fingerprint density at radius 2 is 2.00 bits per heavy atom. The summed E-state index contributed by atoms with van der Waals surface area (Å²) in [6, 6.07) is 11.0. The fraction of sp³-hybridized carbons (Fsp3) is 0.364. The van der Waals surface area contributed by atoms with Crippen LogP contribution in [-0.4, -0.2) is 29.0 Å². The molecule has 1 unspecified atom stereocenters. The lowest BCUT2D eigenvalue weighted by atomic mass is 9.97. The molecule has 2 aromatic heterocycles. The Hall–Kier alpha value is -3.22. The second-order valence-electron chi connectivity index (χ2n) is 7.84. The van der Waals surface area contributed by atoms with Crippen molar-refractivity contribution in [2.24, 2.45) is 5.92 Å². The molecule has 3 aromatic rings. The average Bonchev–Trinajstić information content (AvgIpc) is 3.60. The number of benzene rings is 1. The highest BCUT2D eigenvalue weighted by Crippen LogP contribution is 2.39. The molecular weight excluding hydrogens is 368 g/mol. The van der Waals surface area contributed by atoms with E-state index in [1.165, 1.54) is 12.8 Å². The molecule has 1 aromatic carbocycles. The Labute approximate surface area is 167 Å². The molecule has 1 atom stereocenters. The van der Waals surface area contributed by atoms with Crippen LogP contribution in [0.5, 0.6) is 0 Å². The molecule has 1 saturated heterocycles. The topological polar surface area (TPSA) is 88.3 Å². The number of carbonyl (C=O) groups is 1. The van der Waals surface area contributed by atoms with Crippen LogP contribution in [0.3, 0.4) is 0 Å². The molecule has 2 fully saturated rings. The number of rotatable bonds is 4. The smallest absolute Gasteiger partial charge is 0.360 e. The Balaban J connectivity index is 1.32. The number of nitrogens with one attached hydrogen (secondary N) is 1. The molecule has 29 heavy (non-hydrogen) atoms. The quantitative estimate of drug-likeness (QED) is 0.688. The standard InChI is InChI=1S/C22H22N4O3/c27-21(25-18-10-15-4-1-2-6-19(15)29-22(18)28)16-5-3-9-26(12-16)20-11-17(14-7-8-14)23-13-24-20/h1-2,4,6,10-11,13-14,16H,3,5,7-9,12H2,(H,25,27). The molecule has 2 aliphatic rings. The first kappa shape index (κ1) is 17.8. The van der Waals surface area contributed by atoms with Crippen LogP contribution in [0, 0.1) is 5.92 Å². The SMILES string of the molecule is O=C(Nc1cc2ccccc2oc1=O)C1CCCN(c2cc(C3CC3)ncn2)C1. The van der Waals surface area contributed by atoms with E-state index in [1.807, 2.05) is 18.2 Å². The second-order valence-corrected chi connectivity index (χ2v) is 7.84. The summed E-state index contributed by atoms with van der Waals surface area (Å²) in [4.78, 5) is 36.0. The van der Waals surface area contributed by atoms with Gasteiger partial charge in [-0.2, -0.15) is 0 Å². The maximum atomic E-state index is 12.9. The van der Waals surface area contributed by atoms with E-state index >= 15 is 0 Å². The van der Waals surface area contributed by atoms with Crippen molar-refractivity contribution < 1.29 is 9.21 Å². The van der Waals surface area contributed by atoms with Crippen molar-refractivity contribution in [2.45, 2.75) is 31.6 Å². The minimum atomic E-state index is -0.533. The van der Waals surface area contributed by atoms with Crippen LogP contribution in [0.4, 0.5) is 11.5 Å². The number of aromatic nitrogens is 2. The number of anilines is 2. The second kappa shape index (κ2) is 7.31. The van der Waals surface area contributed by atoms with Gasteiger partial charge in [0, 0.05) is 36.2 Å². The van der Waals surface area contributed by atoms with Gasteiger partial charge in [-0.15, -0.1) is 0 Å². The Bertz CT molecular complexity index is 1120. The summed E-state index contributed by atoms with van der Waals surface area (Å²) in [7, 11) is 0. The Morgan fingerprint density at radius 3 is 2.86 bits per heavy atom. The van der Waals surface area contributed by atoms with Crippen molar-refractivity contribution in [1.82, 2.24) is 9.97 Å². The van der Waals surface area contributed by atoms with E-state index in [0.29, 0.717) is 18.0 Å². The van der Waals surface area contributed by atoms with Gasteiger partial charge in [0.05, 0.1) is 5.92 Å². The molecule has 7 heteroatoms. The van der Waals surface area contributed by atoms with Gasteiger partial charge in [-0.05, 0) is 37.8 Å². The normalized spacial score (nSPS) is 19.3. The van der Waals surface area contributed by atoms with Crippen LogP contribution in [0.15, 0.2) is 51.9 Å². The summed E-state index contributed by atoms with van der Waals surface area (Å²) in [5.41, 5.74) is 1.25. The van der Waals surface area contributed by atoms with Gasteiger partial charge in [0.15, 0.2) is 0 Å². The minimum Gasteiger partial charge on any atom is -0.421 e. The predicted molar refractivity (Wildman–Crippen MR) is 110 cm³/mol. The molecular formula is C22H22N4O3. The van der Waals surface area contributed by atoms with Crippen LogP contribution in [0.25, 0.3) is 11.0 Å². The minimum absolute atomic E-state index is 0.159. The lowest BCUT2D eigenvalue weighted by Crippen LogP contribution is -2.41. The summed E-state index contributed by atoms with van der Waals surface area (Å²) in [6.45, 7) is 1.44. The number of fused-ring (bicyclic) bond motifs is 1. The lowest BCUT2D eigenvalue weighted by Gasteiger charge is -2.32. The molecule has 0 spiro atoms. The fourth-order valence-corrected chi connectivity index (χ4v) is 3.92. The first-order valence-corrected chi connectivity index (χ1v) is 10.1. The Morgan fingerprint density at radius 1 is 1.14 bits per heavy atom. The zero-order chi connectivity index (χ0) is 19.8. The van der Waals surface area contributed by atoms with Crippen LogP contribution < -0.4 is 15.8 Å². The third kappa shape index (κ3) is 3.72. The number of nitrogens with zero attached hydrogens (tertiary/aromatic N) is 3. The van der Waals surface area contributed by atoms with Crippen molar-refractivity contribution in [3.05, 3.63) is 58.8 Å². The number of amides is 1. The summed E-state index contributed by atoms with van der Waals surface area (Å²) >= 11 is 0. The van der Waals surface area contributed by atoms with Gasteiger partial charge in [0.1, 0.15) is 23.4 Å². The molecule has 1 amide bonds. The van der Waals surface area contributed by atoms with E-state index in [2.05, 4.69) is 26.3 Å². The first-order chi connectivity index (χ1) is 14.2. The van der Waals surface area contributed by atoms with Crippen molar-refractivity contribution in [2.75, 3.05) is 23.3 Å². The van der Waals surface area contributed by atoms with Gasteiger partial charge in [-0.25, -0.2) is 14.8 Å². The van der Waals surface area contributed by atoms with Gasteiger partial charge in [-0.3, -0.25) is 4.79 Å². The number of hydrogen-bond donors (Lipinski definition) is 1. The van der Waals surface area contributed by atoms with E-state index in [0.717, 1.165) is 36.3 Å². The monoisotopic (exact) mass is 390 g/mol. The summed E-state index contributed by atoms with van der Waals surface area (Å²) in [6.07, 6.45) is 5.67. The van der Waals surface area contributed by atoms with E-state index in [1.54, 1.807) is 18.5 Å². The largest absolute Gasteiger partial charge is 0.421 e. The van der Waals surface area contributed by atoms with Crippen LogP contribution >= 0.6 is 0 Å². The molecule has 0 bridgehead atoms. The molecule has 148 valence electrons. The van der Waals surface area contributed by atoms with Gasteiger partial charge in [0.2, 0.25) is 5.91 Å². The highest BCUT2D eigenvalue weighted by Gasteiger charge is 2.29. The average molecular weight is 390 g/mol. The molecule has 5 rings (SSSR count). The van der Waals surface area contributed by atoms with E-state index in [-0.39, 0.29) is 17.5 Å². The van der Waals surface area contributed by atoms with Crippen molar-refractivity contribution in [1.29, 1.82) is 0 Å². The number of piperidine rings is 1. The number of carbonyl (C=O) groups excluding carboxylic acids is 1. The fourth-order valence-electron chi connectivity index (χ4n) is 3.92.